The van der Waals surface area contributed by atoms with E-state index in [9.17, 15) is 10.1 Å². The monoisotopic (exact) mass is 438 g/mol. The van der Waals surface area contributed by atoms with Crippen molar-refractivity contribution in [2.24, 2.45) is 0 Å². The molecule has 0 aliphatic heterocycles. The molecule has 0 saturated carbocycles. The summed E-state index contributed by atoms with van der Waals surface area (Å²) in [5.41, 5.74) is 2.83. The van der Waals surface area contributed by atoms with Gasteiger partial charge in [0.15, 0.2) is 10.0 Å². The molecule has 1 aromatic heterocycles. The molecule has 23 heavy (non-hydrogen) atoms. The van der Waals surface area contributed by atoms with E-state index in [1.54, 1.807) is 6.07 Å². The molecule has 4 nitrogen and oxygen atoms in total. The number of nitro benzene ring substituents is 1. The molecule has 0 aliphatic carbocycles. The van der Waals surface area contributed by atoms with Crippen LogP contribution in [0.5, 0.6) is 0 Å². The molecular weight excluding hydrogens is 429 g/mol. The summed E-state index contributed by atoms with van der Waals surface area (Å²) >= 11 is 9.18. The molecule has 112 valence electrons. The maximum absolute atomic E-state index is 10.8. The number of halogens is 1. The number of thiazole rings is 1. The molecule has 0 fully saturated rings. The number of nitrogens with zero attached hydrogens (tertiary/aromatic N) is 2. The van der Waals surface area contributed by atoms with Gasteiger partial charge in [0.25, 0.3) is 0 Å². The first kappa shape index (κ1) is 18.8. The summed E-state index contributed by atoms with van der Waals surface area (Å²) in [5.74, 6) is 0. The second-order valence-electron chi connectivity index (χ2n) is 4.75. The van der Waals surface area contributed by atoms with Crippen molar-refractivity contribution in [2.45, 2.75) is 23.1 Å². The Morgan fingerprint density at radius 2 is 2.09 bits per heavy atom. The van der Waals surface area contributed by atoms with Crippen LogP contribution in [0.15, 0.2) is 33.5 Å². The molecule has 0 radical (unpaired) electrons. The van der Waals surface area contributed by atoms with Gasteiger partial charge in [-0.2, -0.15) is 6.07 Å². The first-order valence-electron chi connectivity index (χ1n) is 6.36. The van der Waals surface area contributed by atoms with Gasteiger partial charge in [-0.1, -0.05) is 53.4 Å². The van der Waals surface area contributed by atoms with Crippen molar-refractivity contribution in [2.75, 3.05) is 0 Å². The van der Waals surface area contributed by atoms with Crippen LogP contribution in [0.3, 0.4) is 0 Å². The fraction of sp³-hybridized carbons (Fsp3) is 0.133. The Balaban J connectivity index is 0.00000192. The van der Waals surface area contributed by atoms with Gasteiger partial charge < -0.3 is 0 Å². The number of rotatable bonds is 3. The number of hydrogen-bond acceptors (Lipinski definition) is 5. The standard InChI is InChI=1S/C15H10ClN2O2S2.Y/c1-8-3-5-11(16)14-13(8)17-15(22-14)21-12-6-4-10(18(19)20)7-9(12)2;/h3-5,7H,1-2H3;/q-1;+3. The van der Waals surface area contributed by atoms with E-state index in [0.717, 1.165) is 30.6 Å². The summed E-state index contributed by atoms with van der Waals surface area (Å²) in [7, 11) is 0. The van der Waals surface area contributed by atoms with Crippen LogP contribution in [0.1, 0.15) is 11.1 Å². The van der Waals surface area contributed by atoms with Crippen LogP contribution < -0.4 is 0 Å². The molecule has 0 saturated heterocycles. The van der Waals surface area contributed by atoms with Crippen molar-refractivity contribution < 1.29 is 37.6 Å². The number of fused-ring (bicyclic) bond motifs is 1. The van der Waals surface area contributed by atoms with Crippen molar-refractivity contribution in [3.05, 3.63) is 56.6 Å². The molecule has 1 heterocycles. The SMILES string of the molecule is Cc1cc([N+](=O)[O-])c[c-]c1Sc1nc2c(C)ccc(Cl)c2s1.[Y+3]. The minimum absolute atomic E-state index is 0. The largest absolute Gasteiger partial charge is 3.00 e. The second kappa shape index (κ2) is 7.57. The molecule has 0 amide bonds. The predicted molar refractivity (Wildman–Crippen MR) is 90.2 cm³/mol. The zero-order valence-corrected chi connectivity index (χ0v) is 17.5. The normalized spacial score (nSPS) is 10.6. The Labute approximate surface area is 171 Å². The van der Waals surface area contributed by atoms with Gasteiger partial charge in [-0.3, -0.25) is 10.1 Å². The minimum Gasteiger partial charge on any atom is -0.270 e. The summed E-state index contributed by atoms with van der Waals surface area (Å²) in [5, 5.41) is 11.5. The van der Waals surface area contributed by atoms with Crippen LogP contribution in [0.4, 0.5) is 5.69 Å². The third-order valence-electron chi connectivity index (χ3n) is 3.15. The van der Waals surface area contributed by atoms with E-state index in [0.29, 0.717) is 5.02 Å². The number of non-ortho nitro benzene ring substituents is 1. The zero-order chi connectivity index (χ0) is 15.9. The van der Waals surface area contributed by atoms with Crippen LogP contribution >= 0.6 is 34.7 Å². The van der Waals surface area contributed by atoms with Gasteiger partial charge in [0.05, 0.1) is 15.2 Å². The number of aryl methyl sites for hydroxylation is 2. The van der Waals surface area contributed by atoms with Gasteiger partial charge in [0.1, 0.15) is 0 Å². The topological polar surface area (TPSA) is 56.0 Å². The van der Waals surface area contributed by atoms with E-state index < -0.39 is 4.92 Å². The van der Waals surface area contributed by atoms with Crippen molar-refractivity contribution >= 4 is 50.6 Å². The maximum Gasteiger partial charge on any atom is 3.00 e. The fourth-order valence-corrected chi connectivity index (χ4v) is 4.38. The van der Waals surface area contributed by atoms with E-state index in [2.05, 4.69) is 11.1 Å². The van der Waals surface area contributed by atoms with E-state index in [1.807, 2.05) is 26.0 Å². The Bertz CT molecular complexity index is 860. The molecule has 2 aromatic carbocycles. The zero-order valence-electron chi connectivity index (χ0n) is 12.3. The van der Waals surface area contributed by atoms with Crippen molar-refractivity contribution in [3.63, 3.8) is 0 Å². The molecule has 0 atom stereocenters. The van der Waals surface area contributed by atoms with Crippen LogP contribution in [0.2, 0.25) is 5.02 Å². The summed E-state index contributed by atoms with van der Waals surface area (Å²) in [6.45, 7) is 3.83. The van der Waals surface area contributed by atoms with Gasteiger partial charge in [0.2, 0.25) is 0 Å². The third-order valence-corrected chi connectivity index (χ3v) is 5.87. The smallest absolute Gasteiger partial charge is 0.270 e. The van der Waals surface area contributed by atoms with Crippen molar-refractivity contribution in [3.8, 4) is 0 Å². The summed E-state index contributed by atoms with van der Waals surface area (Å²) in [4.78, 5) is 15.8. The number of nitro groups is 1. The van der Waals surface area contributed by atoms with Crippen LogP contribution in [-0.2, 0) is 32.7 Å². The Hall–Kier alpha value is -0.526. The molecule has 8 heteroatoms. The Morgan fingerprint density at radius 1 is 1.35 bits per heavy atom. The molecule has 0 bridgehead atoms. The van der Waals surface area contributed by atoms with E-state index in [-0.39, 0.29) is 38.4 Å². The second-order valence-corrected chi connectivity index (χ2v) is 7.41. The first-order valence-corrected chi connectivity index (χ1v) is 8.37. The van der Waals surface area contributed by atoms with E-state index in [4.69, 9.17) is 11.6 Å². The van der Waals surface area contributed by atoms with E-state index in [1.165, 1.54) is 29.2 Å². The molecule has 0 aliphatic rings. The summed E-state index contributed by atoms with van der Waals surface area (Å²) < 4.78 is 1.81. The van der Waals surface area contributed by atoms with Gasteiger partial charge >= 0.3 is 32.7 Å². The third kappa shape index (κ3) is 3.94. The number of benzene rings is 2. The average molecular weight is 439 g/mol. The molecule has 0 spiro atoms. The maximum atomic E-state index is 10.8. The van der Waals surface area contributed by atoms with E-state index >= 15 is 0 Å². The number of hydrogen-bond donors (Lipinski definition) is 0. The molecule has 3 rings (SSSR count). The molecule has 3 aromatic rings. The van der Waals surface area contributed by atoms with Crippen molar-refractivity contribution in [1.29, 1.82) is 0 Å². The van der Waals surface area contributed by atoms with Crippen LogP contribution in [0, 0.1) is 30.0 Å². The first-order chi connectivity index (χ1) is 10.5. The van der Waals surface area contributed by atoms with Crippen molar-refractivity contribution in [1.82, 2.24) is 4.98 Å². The average Bonchev–Trinajstić information content (AvgIpc) is 2.90. The van der Waals surface area contributed by atoms with Crippen LogP contribution in [-0.4, -0.2) is 9.91 Å². The van der Waals surface area contributed by atoms with Gasteiger partial charge in [0, 0.05) is 4.92 Å². The minimum atomic E-state index is -0.418. The molecular formula is C15H10ClN2O2S2Y+2. The summed E-state index contributed by atoms with van der Waals surface area (Å²) in [6.07, 6.45) is 0. The predicted octanol–water partition coefficient (Wildman–Crippen LogP) is 5.42. The molecule has 0 N–H and O–H groups in total. The Kier molecular flexibility index (Phi) is 6.19. The molecule has 0 unspecified atom stereocenters. The van der Waals surface area contributed by atoms with Gasteiger partial charge in [-0.05, 0) is 18.6 Å². The van der Waals surface area contributed by atoms with Gasteiger partial charge in [-0.15, -0.1) is 16.9 Å². The quantitative estimate of drug-likeness (QED) is 0.311. The van der Waals surface area contributed by atoms with Gasteiger partial charge in [-0.25, -0.2) is 4.98 Å². The number of aromatic nitrogens is 1. The Morgan fingerprint density at radius 3 is 2.70 bits per heavy atom. The summed E-state index contributed by atoms with van der Waals surface area (Å²) in [6, 6.07) is 9.72. The van der Waals surface area contributed by atoms with Crippen LogP contribution in [0.25, 0.3) is 10.2 Å². The fourth-order valence-electron chi connectivity index (χ4n) is 2.01.